The molecule has 0 radical (unpaired) electrons. The van der Waals surface area contributed by atoms with Gasteiger partial charge in [0.25, 0.3) is 0 Å². The summed E-state index contributed by atoms with van der Waals surface area (Å²) in [7, 11) is -1.06. The summed E-state index contributed by atoms with van der Waals surface area (Å²) in [5, 5.41) is 0. The standard InChI is InChI=1S/C15H26OSi/c1-17(2,3)10-9-14-11-13(14)12-16-15(14)7-5-4-6-8-15/h9-10,13H,4-8,11-12H2,1-3H3/b10-9-/t13-,14-/m0/s1. The molecule has 0 N–H and O–H groups in total. The van der Waals surface area contributed by atoms with Crippen LogP contribution in [-0.2, 0) is 4.74 Å². The fourth-order valence-electron chi connectivity index (χ4n) is 4.00. The van der Waals surface area contributed by atoms with Crippen LogP contribution in [0.4, 0.5) is 0 Å². The van der Waals surface area contributed by atoms with E-state index in [-0.39, 0.29) is 5.60 Å². The topological polar surface area (TPSA) is 9.23 Å². The number of hydrogen-bond acceptors (Lipinski definition) is 1. The molecule has 0 aromatic carbocycles. The molecular formula is C15H26OSi. The number of fused-ring (bicyclic) bond motifs is 2. The Morgan fingerprint density at radius 2 is 1.82 bits per heavy atom. The molecule has 3 rings (SSSR count). The van der Waals surface area contributed by atoms with Crippen LogP contribution in [0.3, 0.4) is 0 Å². The van der Waals surface area contributed by atoms with Gasteiger partial charge in [-0.2, -0.15) is 0 Å². The summed E-state index contributed by atoms with van der Waals surface area (Å²) in [4.78, 5) is 0. The van der Waals surface area contributed by atoms with Crippen LogP contribution >= 0.6 is 0 Å². The van der Waals surface area contributed by atoms with E-state index in [1.54, 1.807) is 0 Å². The Labute approximate surface area is 107 Å². The highest BCUT2D eigenvalue weighted by Crippen LogP contribution is 2.70. The minimum Gasteiger partial charge on any atom is -0.374 e. The SMILES string of the molecule is C[Si](C)(C)/C=C\[C@]12C[C@H]1COC21CCCCC1. The van der Waals surface area contributed by atoms with Gasteiger partial charge in [-0.05, 0) is 25.2 Å². The summed E-state index contributed by atoms with van der Waals surface area (Å²) in [5.74, 6) is 0.855. The van der Waals surface area contributed by atoms with Gasteiger partial charge in [-0.25, -0.2) is 0 Å². The van der Waals surface area contributed by atoms with Crippen molar-refractivity contribution in [2.75, 3.05) is 6.61 Å². The summed E-state index contributed by atoms with van der Waals surface area (Å²) in [5.41, 5.74) is 3.29. The van der Waals surface area contributed by atoms with E-state index in [4.69, 9.17) is 4.74 Å². The van der Waals surface area contributed by atoms with Gasteiger partial charge in [-0.15, -0.1) is 0 Å². The molecule has 2 atom stereocenters. The molecule has 1 nitrogen and oxygen atoms in total. The highest BCUT2D eigenvalue weighted by Gasteiger charge is 2.69. The predicted molar refractivity (Wildman–Crippen MR) is 74.8 cm³/mol. The highest BCUT2D eigenvalue weighted by atomic mass is 28.3. The molecule has 3 fully saturated rings. The maximum Gasteiger partial charge on any atom is 0.0776 e. The zero-order chi connectivity index (χ0) is 12.1. The maximum absolute atomic E-state index is 6.28. The predicted octanol–water partition coefficient (Wildman–Crippen LogP) is 4.16. The van der Waals surface area contributed by atoms with Crippen LogP contribution in [0.1, 0.15) is 38.5 Å². The summed E-state index contributed by atoms with van der Waals surface area (Å²) >= 11 is 0. The Bertz CT molecular complexity index is 335. The van der Waals surface area contributed by atoms with Crippen LogP contribution in [-0.4, -0.2) is 20.3 Å². The monoisotopic (exact) mass is 250 g/mol. The Morgan fingerprint density at radius 1 is 1.12 bits per heavy atom. The summed E-state index contributed by atoms with van der Waals surface area (Å²) in [6.07, 6.45) is 10.8. The lowest BCUT2D eigenvalue weighted by atomic mass is 9.73. The molecule has 0 amide bonds. The van der Waals surface area contributed by atoms with Gasteiger partial charge in [-0.3, -0.25) is 0 Å². The first-order valence-corrected chi connectivity index (χ1v) is 10.9. The molecule has 0 bridgehead atoms. The molecule has 1 heterocycles. The van der Waals surface area contributed by atoms with E-state index in [1.165, 1.54) is 38.5 Å². The Balaban J connectivity index is 1.84. The quantitative estimate of drug-likeness (QED) is 0.669. The second-order valence-electron chi connectivity index (χ2n) is 7.51. The molecule has 3 aliphatic rings. The molecule has 0 aromatic heterocycles. The fourth-order valence-corrected chi connectivity index (χ4v) is 4.79. The first kappa shape index (κ1) is 12.0. The molecule has 2 saturated carbocycles. The Morgan fingerprint density at radius 3 is 2.41 bits per heavy atom. The maximum atomic E-state index is 6.28. The van der Waals surface area contributed by atoms with Crippen molar-refractivity contribution in [3.63, 3.8) is 0 Å². The van der Waals surface area contributed by atoms with E-state index in [1.807, 2.05) is 0 Å². The van der Waals surface area contributed by atoms with Crippen molar-refractivity contribution >= 4 is 8.07 Å². The zero-order valence-corrected chi connectivity index (χ0v) is 12.6. The second-order valence-corrected chi connectivity index (χ2v) is 12.6. The third-order valence-corrected chi connectivity index (χ3v) is 6.27. The first-order valence-electron chi connectivity index (χ1n) is 7.32. The third-order valence-electron chi connectivity index (χ3n) is 5.10. The zero-order valence-electron chi connectivity index (χ0n) is 11.6. The van der Waals surface area contributed by atoms with Gasteiger partial charge in [0.05, 0.1) is 20.3 Å². The third kappa shape index (κ3) is 1.84. The minimum absolute atomic E-state index is 0.256. The molecule has 1 aliphatic heterocycles. The van der Waals surface area contributed by atoms with Crippen molar-refractivity contribution in [3.05, 3.63) is 11.8 Å². The van der Waals surface area contributed by atoms with E-state index in [2.05, 4.69) is 31.4 Å². The van der Waals surface area contributed by atoms with Crippen LogP contribution in [0.5, 0.6) is 0 Å². The lowest BCUT2D eigenvalue weighted by molar-refractivity contribution is -0.0679. The van der Waals surface area contributed by atoms with Gasteiger partial charge >= 0.3 is 0 Å². The van der Waals surface area contributed by atoms with Crippen molar-refractivity contribution in [1.82, 2.24) is 0 Å². The van der Waals surface area contributed by atoms with Gasteiger partial charge in [0.1, 0.15) is 0 Å². The largest absolute Gasteiger partial charge is 0.374 e. The summed E-state index contributed by atoms with van der Waals surface area (Å²) in [6, 6.07) is 0. The molecule has 0 unspecified atom stereocenters. The molecular weight excluding hydrogens is 224 g/mol. The number of hydrogen-bond donors (Lipinski definition) is 0. The smallest absolute Gasteiger partial charge is 0.0776 e. The fraction of sp³-hybridized carbons (Fsp3) is 0.867. The van der Waals surface area contributed by atoms with Gasteiger partial charge in [0, 0.05) is 5.41 Å². The summed E-state index contributed by atoms with van der Waals surface area (Å²) in [6.45, 7) is 8.33. The van der Waals surface area contributed by atoms with Gasteiger partial charge in [0.2, 0.25) is 0 Å². The number of ether oxygens (including phenoxy) is 1. The van der Waals surface area contributed by atoms with Crippen LogP contribution in [0.25, 0.3) is 0 Å². The molecule has 2 aliphatic carbocycles. The lowest BCUT2D eigenvalue weighted by Crippen LogP contribution is -2.40. The average molecular weight is 250 g/mol. The van der Waals surface area contributed by atoms with Gasteiger partial charge in [-0.1, -0.05) is 50.7 Å². The average Bonchev–Trinajstić information content (AvgIpc) is 2.93. The molecule has 1 spiro atoms. The van der Waals surface area contributed by atoms with Crippen LogP contribution in [0.2, 0.25) is 19.6 Å². The molecule has 2 heteroatoms. The van der Waals surface area contributed by atoms with Gasteiger partial charge < -0.3 is 4.74 Å². The Kier molecular flexibility index (Phi) is 2.61. The van der Waals surface area contributed by atoms with Gasteiger partial charge in [0.15, 0.2) is 0 Å². The Hall–Kier alpha value is -0.0831. The summed E-state index contributed by atoms with van der Waals surface area (Å²) < 4.78 is 6.28. The first-order chi connectivity index (χ1) is 7.98. The molecule has 17 heavy (non-hydrogen) atoms. The van der Waals surface area contributed by atoms with Crippen LogP contribution in [0, 0.1) is 11.3 Å². The lowest BCUT2D eigenvalue weighted by Gasteiger charge is -2.40. The molecule has 0 aromatic rings. The van der Waals surface area contributed by atoms with Crippen molar-refractivity contribution in [2.24, 2.45) is 11.3 Å². The van der Waals surface area contributed by atoms with E-state index in [0.717, 1.165) is 12.5 Å². The van der Waals surface area contributed by atoms with Crippen molar-refractivity contribution in [1.29, 1.82) is 0 Å². The van der Waals surface area contributed by atoms with Crippen molar-refractivity contribution in [3.8, 4) is 0 Å². The van der Waals surface area contributed by atoms with Crippen molar-refractivity contribution in [2.45, 2.75) is 63.8 Å². The van der Waals surface area contributed by atoms with E-state index in [0.29, 0.717) is 5.41 Å². The minimum atomic E-state index is -1.06. The second kappa shape index (κ2) is 3.71. The molecule has 96 valence electrons. The number of rotatable bonds is 2. The van der Waals surface area contributed by atoms with E-state index >= 15 is 0 Å². The van der Waals surface area contributed by atoms with E-state index < -0.39 is 8.07 Å². The van der Waals surface area contributed by atoms with Crippen LogP contribution < -0.4 is 0 Å². The van der Waals surface area contributed by atoms with Crippen LogP contribution in [0.15, 0.2) is 11.8 Å². The van der Waals surface area contributed by atoms with E-state index in [9.17, 15) is 0 Å². The normalized spacial score (nSPS) is 39.8. The molecule has 1 saturated heterocycles. The highest BCUT2D eigenvalue weighted by molar-refractivity contribution is 6.80. The van der Waals surface area contributed by atoms with Crippen molar-refractivity contribution < 1.29 is 4.74 Å².